The first-order valence-corrected chi connectivity index (χ1v) is 12.1. The van der Waals surface area contributed by atoms with Gasteiger partial charge in [0.1, 0.15) is 5.76 Å². The van der Waals surface area contributed by atoms with Gasteiger partial charge in [0.05, 0.1) is 49.1 Å². The molecule has 1 aliphatic rings. The molecule has 8 nitrogen and oxygen atoms in total. The minimum Gasteiger partial charge on any atom is -0.507 e. The third-order valence-electron chi connectivity index (χ3n) is 5.73. The van der Waals surface area contributed by atoms with Crippen molar-refractivity contribution < 1.29 is 33.6 Å². The molecule has 0 bridgehead atoms. The van der Waals surface area contributed by atoms with Crippen molar-refractivity contribution >= 4 is 40.7 Å². The minimum absolute atomic E-state index is 0.0339. The SMILES string of the molecule is COc1ccc(C2/C(=C(\O)c3cc(Cl)c(OC)c(Cl)c3)C(=O)C(=O)N2CCCOC(C)C)cc1OC. The molecule has 0 saturated carbocycles. The fraction of sp³-hybridized carbons (Fsp3) is 0.385. The molecule has 1 amide bonds. The van der Waals surface area contributed by atoms with Crippen LogP contribution in [0.2, 0.25) is 10.0 Å². The van der Waals surface area contributed by atoms with E-state index in [1.54, 1.807) is 18.2 Å². The largest absolute Gasteiger partial charge is 0.507 e. The van der Waals surface area contributed by atoms with Crippen LogP contribution in [0.4, 0.5) is 0 Å². The molecule has 0 radical (unpaired) electrons. The molecule has 2 aromatic carbocycles. The van der Waals surface area contributed by atoms with E-state index in [2.05, 4.69) is 0 Å². The molecule has 2 aromatic rings. The maximum Gasteiger partial charge on any atom is 0.295 e. The number of nitrogens with zero attached hydrogens (tertiary/aromatic N) is 1. The van der Waals surface area contributed by atoms with Gasteiger partial charge >= 0.3 is 0 Å². The molecule has 0 aliphatic carbocycles. The molecule has 10 heteroatoms. The summed E-state index contributed by atoms with van der Waals surface area (Å²) in [4.78, 5) is 27.8. The molecule has 1 unspecified atom stereocenters. The standard InChI is InChI=1S/C26H29Cl2NO7/c1-14(2)36-10-6-9-29-22(15-7-8-19(33-3)20(13-15)34-4)21(24(31)26(29)32)23(30)16-11-17(27)25(35-5)18(28)12-16/h7-8,11-14,22,30H,6,9-10H2,1-5H3/b23-21+. The Labute approximate surface area is 220 Å². The number of rotatable bonds is 10. The van der Waals surface area contributed by atoms with Gasteiger partial charge in [0, 0.05) is 18.7 Å². The number of hydrogen-bond donors (Lipinski definition) is 1. The Balaban J connectivity index is 2.15. The van der Waals surface area contributed by atoms with Gasteiger partial charge in [-0.1, -0.05) is 29.3 Å². The lowest BCUT2D eigenvalue weighted by Crippen LogP contribution is -2.31. The van der Waals surface area contributed by atoms with Crippen molar-refractivity contribution in [2.75, 3.05) is 34.5 Å². The number of methoxy groups -OCH3 is 3. The number of amides is 1. The van der Waals surface area contributed by atoms with Gasteiger partial charge in [0.15, 0.2) is 17.2 Å². The van der Waals surface area contributed by atoms with Crippen LogP contribution in [0.3, 0.4) is 0 Å². The summed E-state index contributed by atoms with van der Waals surface area (Å²) in [5.74, 6) is -0.819. The van der Waals surface area contributed by atoms with Crippen molar-refractivity contribution in [3.63, 3.8) is 0 Å². The van der Waals surface area contributed by atoms with E-state index >= 15 is 0 Å². The Kier molecular flexibility index (Phi) is 9.11. The van der Waals surface area contributed by atoms with Crippen molar-refractivity contribution in [1.29, 1.82) is 0 Å². The quantitative estimate of drug-likeness (QED) is 0.191. The van der Waals surface area contributed by atoms with E-state index in [9.17, 15) is 14.7 Å². The molecule has 1 atom stereocenters. The number of Topliss-reactive ketones (excluding diaryl/α,β-unsaturated/α-hetero) is 1. The number of ether oxygens (including phenoxy) is 4. The molecule has 1 N–H and O–H groups in total. The number of ketones is 1. The first-order valence-electron chi connectivity index (χ1n) is 11.3. The van der Waals surface area contributed by atoms with Crippen LogP contribution in [0.1, 0.15) is 37.4 Å². The van der Waals surface area contributed by atoms with Crippen LogP contribution in [-0.4, -0.2) is 62.3 Å². The fourth-order valence-electron chi connectivity index (χ4n) is 4.08. The van der Waals surface area contributed by atoms with E-state index in [0.29, 0.717) is 30.1 Å². The van der Waals surface area contributed by atoms with Gasteiger partial charge in [-0.3, -0.25) is 9.59 Å². The van der Waals surface area contributed by atoms with Crippen molar-refractivity contribution in [2.24, 2.45) is 0 Å². The highest BCUT2D eigenvalue weighted by Crippen LogP contribution is 2.43. The van der Waals surface area contributed by atoms with Gasteiger partial charge in [-0.2, -0.15) is 0 Å². The zero-order chi connectivity index (χ0) is 26.6. The number of carbonyl (C=O) groups excluding carboxylic acids is 2. The Bertz CT molecular complexity index is 1160. The lowest BCUT2D eigenvalue weighted by molar-refractivity contribution is -0.140. The van der Waals surface area contributed by atoms with Gasteiger partial charge in [-0.05, 0) is 50.1 Å². The van der Waals surface area contributed by atoms with Crippen LogP contribution in [0, 0.1) is 0 Å². The first-order chi connectivity index (χ1) is 17.1. The Morgan fingerprint density at radius 1 is 1.00 bits per heavy atom. The normalized spacial score (nSPS) is 17.1. The van der Waals surface area contributed by atoms with Crippen LogP contribution in [0.5, 0.6) is 17.2 Å². The lowest BCUT2D eigenvalue weighted by atomic mass is 9.95. The number of hydrogen-bond acceptors (Lipinski definition) is 7. The Hall–Kier alpha value is -2.94. The summed E-state index contributed by atoms with van der Waals surface area (Å²) < 4.78 is 21.5. The molecule has 3 rings (SSSR count). The van der Waals surface area contributed by atoms with Gasteiger partial charge in [0.2, 0.25) is 0 Å². The summed E-state index contributed by atoms with van der Waals surface area (Å²) >= 11 is 12.5. The van der Waals surface area contributed by atoms with Gasteiger partial charge < -0.3 is 29.0 Å². The van der Waals surface area contributed by atoms with Gasteiger partial charge in [-0.15, -0.1) is 0 Å². The maximum atomic E-state index is 13.2. The summed E-state index contributed by atoms with van der Waals surface area (Å²) in [7, 11) is 4.41. The van der Waals surface area contributed by atoms with E-state index in [1.165, 1.54) is 38.4 Å². The summed E-state index contributed by atoms with van der Waals surface area (Å²) in [6.45, 7) is 4.47. The highest BCUT2D eigenvalue weighted by atomic mass is 35.5. The predicted molar refractivity (Wildman–Crippen MR) is 137 cm³/mol. The molecule has 194 valence electrons. The molecule has 1 heterocycles. The van der Waals surface area contributed by atoms with Crippen LogP contribution in [-0.2, 0) is 14.3 Å². The van der Waals surface area contributed by atoms with Crippen LogP contribution in [0.15, 0.2) is 35.9 Å². The number of benzene rings is 2. The molecule has 1 fully saturated rings. The maximum absolute atomic E-state index is 13.2. The van der Waals surface area contributed by atoms with Gasteiger partial charge in [0.25, 0.3) is 11.7 Å². The molecule has 1 saturated heterocycles. The summed E-state index contributed by atoms with van der Waals surface area (Å²) in [6, 6.07) is 7.04. The third kappa shape index (κ3) is 5.56. The fourth-order valence-corrected chi connectivity index (χ4v) is 4.72. The van der Waals surface area contributed by atoms with Crippen LogP contribution >= 0.6 is 23.2 Å². The number of aliphatic hydroxyl groups excluding tert-OH is 1. The monoisotopic (exact) mass is 537 g/mol. The predicted octanol–water partition coefficient (Wildman–Crippen LogP) is 5.26. The van der Waals surface area contributed by atoms with Crippen molar-refractivity contribution in [3.05, 3.63) is 57.1 Å². The third-order valence-corrected chi connectivity index (χ3v) is 6.30. The molecule has 36 heavy (non-hydrogen) atoms. The second-order valence-electron chi connectivity index (χ2n) is 8.35. The number of aliphatic hydroxyl groups is 1. The topological polar surface area (TPSA) is 94.5 Å². The second kappa shape index (κ2) is 11.9. The van der Waals surface area contributed by atoms with E-state index in [1.807, 2.05) is 13.8 Å². The number of carbonyl (C=O) groups is 2. The molecular formula is C26H29Cl2NO7. The first kappa shape index (κ1) is 27.6. The summed E-state index contributed by atoms with van der Waals surface area (Å²) in [6.07, 6.45) is 0.529. The summed E-state index contributed by atoms with van der Waals surface area (Å²) in [5, 5.41) is 11.6. The van der Waals surface area contributed by atoms with Crippen molar-refractivity contribution in [1.82, 2.24) is 4.90 Å². The highest BCUT2D eigenvalue weighted by Gasteiger charge is 2.46. The zero-order valence-corrected chi connectivity index (χ0v) is 22.3. The zero-order valence-electron chi connectivity index (χ0n) is 20.8. The highest BCUT2D eigenvalue weighted by molar-refractivity contribution is 6.46. The number of halogens is 2. The Morgan fingerprint density at radius 2 is 1.64 bits per heavy atom. The molecule has 1 aliphatic heterocycles. The number of likely N-dealkylation sites (tertiary alicyclic amines) is 1. The average molecular weight is 538 g/mol. The summed E-state index contributed by atoms with van der Waals surface area (Å²) in [5.41, 5.74) is 0.649. The van der Waals surface area contributed by atoms with Crippen LogP contribution < -0.4 is 14.2 Å². The molecular weight excluding hydrogens is 509 g/mol. The molecule has 0 spiro atoms. The van der Waals surface area contributed by atoms with Crippen LogP contribution in [0.25, 0.3) is 5.76 Å². The van der Waals surface area contributed by atoms with E-state index in [0.717, 1.165) is 0 Å². The second-order valence-corrected chi connectivity index (χ2v) is 9.17. The smallest absolute Gasteiger partial charge is 0.295 e. The van der Waals surface area contributed by atoms with E-state index in [-0.39, 0.29) is 39.6 Å². The van der Waals surface area contributed by atoms with E-state index in [4.69, 9.17) is 42.1 Å². The average Bonchev–Trinajstić information content (AvgIpc) is 3.10. The van der Waals surface area contributed by atoms with E-state index < -0.39 is 23.5 Å². The Morgan fingerprint density at radius 3 is 2.19 bits per heavy atom. The lowest BCUT2D eigenvalue weighted by Gasteiger charge is -2.26. The minimum atomic E-state index is -0.886. The van der Waals surface area contributed by atoms with Gasteiger partial charge in [-0.25, -0.2) is 0 Å². The van der Waals surface area contributed by atoms with Crippen molar-refractivity contribution in [2.45, 2.75) is 32.4 Å². The molecule has 0 aromatic heterocycles. The van der Waals surface area contributed by atoms with Crippen molar-refractivity contribution in [3.8, 4) is 17.2 Å².